The number of nitrogens with one attached hydrogen (secondary N) is 1. The molecule has 0 fully saturated rings. The highest BCUT2D eigenvalue weighted by Crippen LogP contribution is 2.29. The van der Waals surface area contributed by atoms with Crippen molar-refractivity contribution in [3.63, 3.8) is 0 Å². The molecule has 0 bridgehead atoms. The fourth-order valence-corrected chi connectivity index (χ4v) is 4.63. The molecule has 2 aromatic heterocycles. The summed E-state index contributed by atoms with van der Waals surface area (Å²) in [5.41, 5.74) is -0.246. The third-order valence-corrected chi connectivity index (χ3v) is 6.77. The number of aromatic nitrogens is 1. The van der Waals surface area contributed by atoms with Crippen molar-refractivity contribution in [3.05, 3.63) is 70.8 Å². The Morgan fingerprint density at radius 2 is 2.00 bits per heavy atom. The van der Waals surface area contributed by atoms with Crippen LogP contribution in [0.1, 0.15) is 5.76 Å². The van der Waals surface area contributed by atoms with Gasteiger partial charge in [-0.25, -0.2) is 18.2 Å². The van der Waals surface area contributed by atoms with E-state index in [-0.39, 0.29) is 19.9 Å². The lowest BCUT2D eigenvalue weighted by Gasteiger charge is -2.02. The highest BCUT2D eigenvalue weighted by Gasteiger charge is 2.22. The first kappa shape index (κ1) is 21.9. The molecule has 13 heteroatoms. The van der Waals surface area contributed by atoms with Crippen LogP contribution >= 0.6 is 11.3 Å². The molecule has 0 saturated heterocycles. The van der Waals surface area contributed by atoms with E-state index in [1.54, 1.807) is 12.1 Å². The zero-order valence-electron chi connectivity index (χ0n) is 15.5. The normalized spacial score (nSPS) is 11.4. The van der Waals surface area contributed by atoms with E-state index in [9.17, 15) is 28.1 Å². The lowest BCUT2D eigenvalue weighted by Crippen LogP contribution is -2.19. The number of furan rings is 1. The SMILES string of the molecule is O=C(COC(=O)C=Cc1ccco1)Nc1ncc(S(=O)(=O)c2ccc([N+](=O)[O-])cc2)s1. The average molecular weight is 463 g/mol. The third-order valence-electron chi connectivity index (χ3n) is 3.63. The maximum absolute atomic E-state index is 12.6. The van der Waals surface area contributed by atoms with E-state index in [1.165, 1.54) is 12.3 Å². The van der Waals surface area contributed by atoms with Gasteiger partial charge in [0.2, 0.25) is 9.84 Å². The Morgan fingerprint density at radius 1 is 1.26 bits per heavy atom. The molecule has 0 radical (unpaired) electrons. The predicted octanol–water partition coefficient (Wildman–Crippen LogP) is 2.67. The number of ether oxygens (including phenoxy) is 1. The minimum atomic E-state index is -3.97. The van der Waals surface area contributed by atoms with Gasteiger partial charge in [-0.05, 0) is 30.3 Å². The molecule has 31 heavy (non-hydrogen) atoms. The van der Waals surface area contributed by atoms with Crippen LogP contribution < -0.4 is 5.32 Å². The molecule has 11 nitrogen and oxygen atoms in total. The van der Waals surface area contributed by atoms with Crippen LogP contribution in [0.3, 0.4) is 0 Å². The first-order valence-corrected chi connectivity index (χ1v) is 10.7. The molecule has 3 aromatic rings. The predicted molar refractivity (Wildman–Crippen MR) is 108 cm³/mol. The van der Waals surface area contributed by atoms with E-state index < -0.39 is 33.2 Å². The molecule has 1 aromatic carbocycles. The first-order valence-electron chi connectivity index (χ1n) is 8.39. The summed E-state index contributed by atoms with van der Waals surface area (Å²) in [5, 5.41) is 13.0. The number of hydrogen-bond donors (Lipinski definition) is 1. The Labute approximate surface area is 179 Å². The van der Waals surface area contributed by atoms with Gasteiger partial charge in [0, 0.05) is 18.2 Å². The fourth-order valence-electron chi connectivity index (χ4n) is 2.18. The van der Waals surface area contributed by atoms with Crippen molar-refractivity contribution in [2.24, 2.45) is 0 Å². The molecule has 3 rings (SSSR count). The fraction of sp³-hybridized carbons (Fsp3) is 0.0556. The van der Waals surface area contributed by atoms with Crippen LogP contribution in [0, 0.1) is 10.1 Å². The van der Waals surface area contributed by atoms with Crippen LogP contribution in [0.5, 0.6) is 0 Å². The van der Waals surface area contributed by atoms with E-state index in [2.05, 4.69) is 10.3 Å². The van der Waals surface area contributed by atoms with Gasteiger partial charge in [-0.1, -0.05) is 11.3 Å². The van der Waals surface area contributed by atoms with Crippen molar-refractivity contribution in [2.45, 2.75) is 9.10 Å². The largest absolute Gasteiger partial charge is 0.465 e. The zero-order valence-corrected chi connectivity index (χ0v) is 17.1. The number of carbonyl (C=O) groups is 2. The molecule has 0 atom stereocenters. The molecule has 0 unspecified atom stereocenters. The number of nitro benzene ring substituents is 1. The van der Waals surface area contributed by atoms with Gasteiger partial charge in [-0.2, -0.15) is 0 Å². The molecule has 0 aliphatic carbocycles. The number of amides is 1. The Hall–Kier alpha value is -3.84. The number of sulfone groups is 1. The second-order valence-electron chi connectivity index (χ2n) is 5.74. The number of nitrogens with zero attached hydrogens (tertiary/aromatic N) is 2. The number of nitro groups is 1. The number of benzene rings is 1. The maximum atomic E-state index is 12.6. The monoisotopic (exact) mass is 463 g/mol. The summed E-state index contributed by atoms with van der Waals surface area (Å²) in [6.45, 7) is -0.606. The van der Waals surface area contributed by atoms with Gasteiger partial charge in [0.1, 0.15) is 9.97 Å². The van der Waals surface area contributed by atoms with E-state index in [4.69, 9.17) is 9.15 Å². The minimum Gasteiger partial charge on any atom is -0.465 e. The standard InChI is InChI=1S/C18H13N3O8S2/c22-15(11-29-16(23)8-5-13-2-1-9-28-13)20-18-19-10-17(30-18)31(26,27)14-6-3-12(4-7-14)21(24)25/h1-10H,11H2,(H,19,20,22). The van der Waals surface area contributed by atoms with Gasteiger partial charge >= 0.3 is 5.97 Å². The number of thiazole rings is 1. The van der Waals surface area contributed by atoms with Crippen molar-refractivity contribution in [3.8, 4) is 0 Å². The summed E-state index contributed by atoms with van der Waals surface area (Å²) >= 11 is 0.685. The summed E-state index contributed by atoms with van der Waals surface area (Å²) < 4.78 is 34.8. The Balaban J connectivity index is 1.58. The topological polar surface area (TPSA) is 159 Å². The average Bonchev–Trinajstić information content (AvgIpc) is 3.43. The number of rotatable bonds is 8. The highest BCUT2D eigenvalue weighted by molar-refractivity contribution is 7.93. The molecule has 1 amide bonds. The van der Waals surface area contributed by atoms with E-state index >= 15 is 0 Å². The van der Waals surface area contributed by atoms with Gasteiger partial charge in [-0.3, -0.25) is 20.2 Å². The number of esters is 1. The van der Waals surface area contributed by atoms with Gasteiger partial charge < -0.3 is 9.15 Å². The third kappa shape index (κ3) is 5.61. The molecule has 0 aliphatic heterocycles. The van der Waals surface area contributed by atoms with E-state index in [0.717, 1.165) is 36.5 Å². The van der Waals surface area contributed by atoms with Gasteiger partial charge in [-0.15, -0.1) is 0 Å². The Kier molecular flexibility index (Phi) is 6.57. The van der Waals surface area contributed by atoms with Gasteiger partial charge in [0.15, 0.2) is 11.7 Å². The summed E-state index contributed by atoms with van der Waals surface area (Å²) in [6.07, 6.45) is 4.94. The highest BCUT2D eigenvalue weighted by atomic mass is 32.2. The van der Waals surface area contributed by atoms with Crippen molar-refractivity contribution < 1.29 is 32.1 Å². The number of hydrogen-bond acceptors (Lipinski definition) is 10. The van der Waals surface area contributed by atoms with Crippen molar-refractivity contribution >= 4 is 49.9 Å². The quantitative estimate of drug-likeness (QED) is 0.229. The maximum Gasteiger partial charge on any atom is 0.331 e. The van der Waals surface area contributed by atoms with Crippen LogP contribution in [-0.2, 0) is 24.2 Å². The van der Waals surface area contributed by atoms with Gasteiger partial charge in [0.25, 0.3) is 11.6 Å². The first-order chi connectivity index (χ1) is 14.8. The molecule has 1 N–H and O–H groups in total. The second kappa shape index (κ2) is 9.32. The van der Waals surface area contributed by atoms with Crippen LogP contribution in [0.15, 0.2) is 68.5 Å². The summed E-state index contributed by atoms with van der Waals surface area (Å²) in [4.78, 5) is 37.2. The summed E-state index contributed by atoms with van der Waals surface area (Å²) in [5.74, 6) is -1.05. The summed E-state index contributed by atoms with van der Waals surface area (Å²) in [6, 6.07) is 7.64. The lowest BCUT2D eigenvalue weighted by atomic mass is 10.3. The molecule has 160 valence electrons. The van der Waals surface area contributed by atoms with E-state index in [1.807, 2.05) is 0 Å². The second-order valence-corrected chi connectivity index (χ2v) is 8.95. The molecular formula is C18H13N3O8S2. The number of anilines is 1. The molecule has 0 aliphatic rings. The van der Waals surface area contributed by atoms with E-state index in [0.29, 0.717) is 17.1 Å². The van der Waals surface area contributed by atoms with Crippen molar-refractivity contribution in [2.75, 3.05) is 11.9 Å². The number of non-ortho nitro benzene ring substituents is 1. The lowest BCUT2D eigenvalue weighted by molar-refractivity contribution is -0.384. The molecular weight excluding hydrogens is 450 g/mol. The molecule has 2 heterocycles. The van der Waals surface area contributed by atoms with Gasteiger partial charge in [0.05, 0.1) is 22.3 Å². The minimum absolute atomic E-state index is 0.0207. The van der Waals surface area contributed by atoms with Crippen LogP contribution in [0.25, 0.3) is 6.08 Å². The van der Waals surface area contributed by atoms with Crippen molar-refractivity contribution in [1.29, 1.82) is 0 Å². The van der Waals surface area contributed by atoms with Crippen molar-refractivity contribution in [1.82, 2.24) is 4.98 Å². The zero-order chi connectivity index (χ0) is 22.4. The Morgan fingerprint density at radius 3 is 2.65 bits per heavy atom. The molecule has 0 saturated carbocycles. The Bertz CT molecular complexity index is 1230. The van der Waals surface area contributed by atoms with Crippen LogP contribution in [0.2, 0.25) is 0 Å². The van der Waals surface area contributed by atoms with Crippen LogP contribution in [0.4, 0.5) is 10.8 Å². The number of carbonyl (C=O) groups excluding carboxylic acids is 2. The molecule has 0 spiro atoms. The summed E-state index contributed by atoms with van der Waals surface area (Å²) in [7, 11) is -3.97. The smallest absolute Gasteiger partial charge is 0.331 e. The van der Waals surface area contributed by atoms with Crippen LogP contribution in [-0.4, -0.2) is 36.8 Å².